The molecule has 88 valence electrons. The number of aryl methyl sites for hydroxylation is 1. The van der Waals surface area contributed by atoms with Crippen LogP contribution >= 0.6 is 11.3 Å². The van der Waals surface area contributed by atoms with Gasteiger partial charge in [-0.15, -0.1) is 11.3 Å². The lowest BCUT2D eigenvalue weighted by molar-refractivity contribution is -0.116. The summed E-state index contributed by atoms with van der Waals surface area (Å²) in [6, 6.07) is 0. The number of nitrogens with zero attached hydrogens (tertiary/aromatic N) is 2. The van der Waals surface area contributed by atoms with Gasteiger partial charge in [-0.1, -0.05) is 6.58 Å². The molecule has 0 aromatic carbocycles. The number of aromatic nitrogens is 1. The van der Waals surface area contributed by atoms with Crippen LogP contribution in [0, 0.1) is 6.92 Å². The molecular weight excluding hydrogens is 222 g/mol. The van der Waals surface area contributed by atoms with Gasteiger partial charge in [-0.25, -0.2) is 4.98 Å². The van der Waals surface area contributed by atoms with Crippen molar-refractivity contribution in [3.63, 3.8) is 0 Å². The number of carbonyl (C=O) groups is 1. The van der Waals surface area contributed by atoms with E-state index in [0.29, 0.717) is 6.54 Å². The molecule has 0 unspecified atom stereocenters. The molecule has 4 nitrogen and oxygen atoms in total. The van der Waals surface area contributed by atoms with Crippen molar-refractivity contribution in [2.45, 2.75) is 13.3 Å². The number of hydrogen-bond acceptors (Lipinski definition) is 4. The van der Waals surface area contributed by atoms with Crippen molar-refractivity contribution in [1.82, 2.24) is 10.3 Å². The number of carbonyl (C=O) groups excluding carboxylic acids is 1. The van der Waals surface area contributed by atoms with Gasteiger partial charge in [0.25, 0.3) is 0 Å². The van der Waals surface area contributed by atoms with Gasteiger partial charge in [0.1, 0.15) is 0 Å². The molecule has 1 N–H and O–H groups in total. The lowest BCUT2D eigenvalue weighted by atomic mass is 10.3. The molecule has 1 aromatic heterocycles. The fourth-order valence-electron chi connectivity index (χ4n) is 1.21. The van der Waals surface area contributed by atoms with E-state index in [0.717, 1.165) is 17.2 Å². The van der Waals surface area contributed by atoms with E-state index in [-0.39, 0.29) is 5.91 Å². The number of anilines is 1. The molecule has 0 saturated carbocycles. The van der Waals surface area contributed by atoms with Gasteiger partial charge in [0.2, 0.25) is 5.91 Å². The van der Waals surface area contributed by atoms with Crippen LogP contribution in [-0.4, -0.2) is 31.5 Å². The Hall–Kier alpha value is -1.36. The Labute approximate surface area is 100.0 Å². The van der Waals surface area contributed by atoms with Crippen LogP contribution in [-0.2, 0) is 11.2 Å². The molecule has 0 bridgehead atoms. The second kappa shape index (κ2) is 5.65. The van der Waals surface area contributed by atoms with Gasteiger partial charge in [0.15, 0.2) is 5.13 Å². The molecule has 0 aliphatic rings. The second-order valence-corrected chi connectivity index (χ2v) is 4.71. The minimum absolute atomic E-state index is 0.130. The third-order valence-electron chi connectivity index (χ3n) is 2.10. The minimum Gasteiger partial charge on any atom is -0.354 e. The normalized spacial score (nSPS) is 9.94. The first kappa shape index (κ1) is 12.7. The largest absolute Gasteiger partial charge is 0.354 e. The van der Waals surface area contributed by atoms with Crippen LogP contribution in [0.15, 0.2) is 12.7 Å². The maximum absolute atomic E-state index is 11.0. The van der Waals surface area contributed by atoms with Gasteiger partial charge in [-0.3, -0.25) is 4.79 Å². The van der Waals surface area contributed by atoms with E-state index >= 15 is 0 Å². The van der Waals surface area contributed by atoms with Crippen molar-refractivity contribution in [2.75, 3.05) is 25.5 Å². The van der Waals surface area contributed by atoms with E-state index in [1.807, 2.05) is 25.9 Å². The third-order valence-corrected chi connectivity index (χ3v) is 3.49. The van der Waals surface area contributed by atoms with Crippen molar-refractivity contribution in [3.8, 4) is 0 Å². The summed E-state index contributed by atoms with van der Waals surface area (Å²) < 4.78 is 0. The molecule has 1 aromatic rings. The smallest absolute Gasteiger partial charge is 0.243 e. The van der Waals surface area contributed by atoms with Crippen LogP contribution in [0.2, 0.25) is 0 Å². The predicted molar refractivity (Wildman–Crippen MR) is 68.1 cm³/mol. The van der Waals surface area contributed by atoms with Gasteiger partial charge >= 0.3 is 0 Å². The minimum atomic E-state index is -0.130. The van der Waals surface area contributed by atoms with Crippen LogP contribution in [0.3, 0.4) is 0 Å². The van der Waals surface area contributed by atoms with Gasteiger partial charge in [-0.05, 0) is 13.0 Å². The summed E-state index contributed by atoms with van der Waals surface area (Å²) in [5, 5.41) is 3.76. The van der Waals surface area contributed by atoms with E-state index in [4.69, 9.17) is 0 Å². The van der Waals surface area contributed by atoms with E-state index in [9.17, 15) is 4.79 Å². The highest BCUT2D eigenvalue weighted by molar-refractivity contribution is 7.15. The van der Waals surface area contributed by atoms with Crippen molar-refractivity contribution < 1.29 is 4.79 Å². The molecule has 0 saturated heterocycles. The Kier molecular flexibility index (Phi) is 4.49. The van der Waals surface area contributed by atoms with Gasteiger partial charge in [0, 0.05) is 31.9 Å². The summed E-state index contributed by atoms with van der Waals surface area (Å²) in [6.45, 7) is 6.02. The number of thiazole rings is 1. The molecular formula is C11H17N3OS. The monoisotopic (exact) mass is 239 g/mol. The number of nitrogens with one attached hydrogen (secondary N) is 1. The van der Waals surface area contributed by atoms with E-state index in [1.54, 1.807) is 11.3 Å². The zero-order valence-electron chi connectivity index (χ0n) is 9.91. The summed E-state index contributed by atoms with van der Waals surface area (Å²) in [5.74, 6) is -0.130. The zero-order valence-corrected chi connectivity index (χ0v) is 10.7. The van der Waals surface area contributed by atoms with Crippen LogP contribution < -0.4 is 10.2 Å². The Morgan fingerprint density at radius 2 is 2.31 bits per heavy atom. The summed E-state index contributed by atoms with van der Waals surface area (Å²) >= 11 is 1.66. The topological polar surface area (TPSA) is 45.2 Å². The van der Waals surface area contributed by atoms with Crippen LogP contribution in [0.4, 0.5) is 5.13 Å². The van der Waals surface area contributed by atoms with Gasteiger partial charge in [0.05, 0.1) is 5.69 Å². The predicted octanol–water partition coefficient (Wildman–Crippen LogP) is 1.36. The van der Waals surface area contributed by atoms with Crippen molar-refractivity contribution in [3.05, 3.63) is 23.2 Å². The molecule has 0 aliphatic carbocycles. The Morgan fingerprint density at radius 3 is 2.81 bits per heavy atom. The standard InChI is InChI=1S/C11H17N3OS/c1-5-10(15)12-7-6-9-8(2)13-11(16-9)14(3)4/h5H,1,6-7H2,2-4H3,(H,12,15). The van der Waals surface area contributed by atoms with E-state index in [2.05, 4.69) is 16.9 Å². The molecule has 0 atom stereocenters. The van der Waals surface area contributed by atoms with Gasteiger partial charge < -0.3 is 10.2 Å². The first-order valence-corrected chi connectivity index (χ1v) is 5.90. The highest BCUT2D eigenvalue weighted by Crippen LogP contribution is 2.24. The maximum Gasteiger partial charge on any atom is 0.243 e. The molecule has 0 aliphatic heterocycles. The molecule has 1 rings (SSSR count). The Morgan fingerprint density at radius 1 is 1.62 bits per heavy atom. The summed E-state index contributed by atoms with van der Waals surface area (Å²) in [5.41, 5.74) is 1.04. The first-order valence-electron chi connectivity index (χ1n) is 5.08. The summed E-state index contributed by atoms with van der Waals surface area (Å²) in [4.78, 5) is 18.6. The van der Waals surface area contributed by atoms with E-state index in [1.165, 1.54) is 11.0 Å². The maximum atomic E-state index is 11.0. The molecule has 1 amide bonds. The zero-order chi connectivity index (χ0) is 12.1. The fourth-order valence-corrected chi connectivity index (χ4v) is 2.19. The molecule has 0 radical (unpaired) electrons. The lowest BCUT2D eigenvalue weighted by Gasteiger charge is -2.05. The fraction of sp³-hybridized carbons (Fsp3) is 0.455. The molecule has 16 heavy (non-hydrogen) atoms. The third kappa shape index (κ3) is 3.34. The molecule has 0 spiro atoms. The highest BCUT2D eigenvalue weighted by atomic mass is 32.1. The molecule has 1 heterocycles. The average Bonchev–Trinajstić information content (AvgIpc) is 2.60. The van der Waals surface area contributed by atoms with Crippen LogP contribution in [0.5, 0.6) is 0 Å². The Balaban J connectivity index is 2.54. The highest BCUT2D eigenvalue weighted by Gasteiger charge is 2.08. The van der Waals surface area contributed by atoms with Gasteiger partial charge in [-0.2, -0.15) is 0 Å². The summed E-state index contributed by atoms with van der Waals surface area (Å²) in [7, 11) is 3.95. The lowest BCUT2D eigenvalue weighted by Crippen LogP contribution is -2.23. The van der Waals surface area contributed by atoms with Crippen molar-refractivity contribution >= 4 is 22.4 Å². The molecule has 0 fully saturated rings. The SMILES string of the molecule is C=CC(=O)NCCc1sc(N(C)C)nc1C. The van der Waals surface area contributed by atoms with Crippen molar-refractivity contribution in [2.24, 2.45) is 0 Å². The quantitative estimate of drug-likeness (QED) is 0.789. The van der Waals surface area contributed by atoms with Crippen LogP contribution in [0.1, 0.15) is 10.6 Å². The summed E-state index contributed by atoms with van der Waals surface area (Å²) in [6.07, 6.45) is 2.10. The number of hydrogen-bond donors (Lipinski definition) is 1. The average molecular weight is 239 g/mol. The van der Waals surface area contributed by atoms with Crippen molar-refractivity contribution in [1.29, 1.82) is 0 Å². The number of rotatable bonds is 5. The Bertz CT molecular complexity index is 385. The molecule has 5 heteroatoms. The van der Waals surface area contributed by atoms with Crippen LogP contribution in [0.25, 0.3) is 0 Å². The first-order chi connectivity index (χ1) is 7.54. The number of amides is 1. The van der Waals surface area contributed by atoms with E-state index < -0.39 is 0 Å². The second-order valence-electron chi connectivity index (χ2n) is 3.64.